The van der Waals surface area contributed by atoms with Crippen LogP contribution >= 0.6 is 0 Å². The van der Waals surface area contributed by atoms with E-state index in [0.29, 0.717) is 0 Å². The third-order valence-electron chi connectivity index (χ3n) is 4.94. The number of rotatable bonds is 9. The summed E-state index contributed by atoms with van der Waals surface area (Å²) in [6.45, 7) is 8.89. The monoisotopic (exact) mass is 252 g/mol. The lowest BCUT2D eigenvalue weighted by Crippen LogP contribution is -2.50. The van der Waals surface area contributed by atoms with E-state index in [1.807, 2.05) is 0 Å². The molecule has 2 rings (SSSR count). The molecule has 0 bridgehead atoms. The van der Waals surface area contributed by atoms with Crippen molar-refractivity contribution < 1.29 is 0 Å². The molecule has 0 heterocycles. The lowest BCUT2D eigenvalue weighted by atomic mass is 9.90. The van der Waals surface area contributed by atoms with E-state index in [9.17, 15) is 0 Å². The van der Waals surface area contributed by atoms with Crippen molar-refractivity contribution in [3.63, 3.8) is 0 Å². The minimum absolute atomic E-state index is 0.159. The van der Waals surface area contributed by atoms with Crippen molar-refractivity contribution in [3.8, 4) is 0 Å². The highest BCUT2D eigenvalue weighted by Crippen LogP contribution is 2.49. The van der Waals surface area contributed by atoms with Gasteiger partial charge in [0.05, 0.1) is 0 Å². The standard InChI is InChI=1S/C16H32N2/c1-12(2)8-9-16(3,11-17)18-10-15(13-4-5-13)14-6-7-14/h12-15,18H,4-11,17H2,1-3H3. The minimum atomic E-state index is 0.159. The van der Waals surface area contributed by atoms with Crippen LogP contribution in [0.1, 0.15) is 59.3 Å². The first-order valence-electron chi connectivity index (χ1n) is 7.99. The minimum Gasteiger partial charge on any atom is -0.329 e. The predicted octanol–water partition coefficient (Wildman–Crippen LogP) is 3.17. The molecule has 0 spiro atoms. The topological polar surface area (TPSA) is 38.0 Å². The summed E-state index contributed by atoms with van der Waals surface area (Å²) in [6.07, 6.45) is 8.41. The molecule has 0 saturated heterocycles. The zero-order valence-corrected chi connectivity index (χ0v) is 12.5. The first-order valence-corrected chi connectivity index (χ1v) is 7.99. The van der Waals surface area contributed by atoms with Gasteiger partial charge in [-0.15, -0.1) is 0 Å². The Hall–Kier alpha value is -0.0800. The summed E-state index contributed by atoms with van der Waals surface area (Å²) in [4.78, 5) is 0. The highest BCUT2D eigenvalue weighted by Gasteiger charge is 2.41. The summed E-state index contributed by atoms with van der Waals surface area (Å²) in [5.74, 6) is 3.81. The molecule has 2 nitrogen and oxygen atoms in total. The maximum atomic E-state index is 6.00. The third kappa shape index (κ3) is 4.24. The summed E-state index contributed by atoms with van der Waals surface area (Å²) < 4.78 is 0. The van der Waals surface area contributed by atoms with Crippen molar-refractivity contribution in [1.29, 1.82) is 0 Å². The second-order valence-corrected chi connectivity index (χ2v) is 7.42. The Morgan fingerprint density at radius 2 is 1.72 bits per heavy atom. The molecular formula is C16H32N2. The fraction of sp³-hybridized carbons (Fsp3) is 1.00. The van der Waals surface area contributed by atoms with Crippen LogP contribution in [0.3, 0.4) is 0 Å². The van der Waals surface area contributed by atoms with Crippen molar-refractivity contribution in [1.82, 2.24) is 5.32 Å². The van der Waals surface area contributed by atoms with Crippen LogP contribution in [-0.2, 0) is 0 Å². The second-order valence-electron chi connectivity index (χ2n) is 7.42. The van der Waals surface area contributed by atoms with E-state index in [0.717, 1.165) is 30.2 Å². The van der Waals surface area contributed by atoms with E-state index in [2.05, 4.69) is 26.1 Å². The van der Waals surface area contributed by atoms with E-state index in [4.69, 9.17) is 5.73 Å². The molecule has 0 radical (unpaired) electrons. The Balaban J connectivity index is 1.77. The van der Waals surface area contributed by atoms with E-state index in [1.54, 1.807) is 0 Å². The fourth-order valence-electron chi connectivity index (χ4n) is 3.00. The Morgan fingerprint density at radius 1 is 1.17 bits per heavy atom. The normalized spacial score (nSPS) is 23.7. The predicted molar refractivity (Wildman–Crippen MR) is 78.5 cm³/mol. The molecule has 0 aromatic rings. The van der Waals surface area contributed by atoms with Gasteiger partial charge in [-0.05, 0) is 75.7 Å². The number of nitrogens with two attached hydrogens (primary N) is 1. The second kappa shape index (κ2) is 5.92. The third-order valence-corrected chi connectivity index (χ3v) is 4.94. The summed E-state index contributed by atoms with van der Waals surface area (Å²) in [5.41, 5.74) is 6.16. The van der Waals surface area contributed by atoms with Gasteiger partial charge in [-0.3, -0.25) is 0 Å². The fourth-order valence-corrected chi connectivity index (χ4v) is 3.00. The van der Waals surface area contributed by atoms with Crippen LogP contribution < -0.4 is 11.1 Å². The molecule has 106 valence electrons. The molecule has 2 saturated carbocycles. The maximum absolute atomic E-state index is 6.00. The molecule has 2 aliphatic rings. The van der Waals surface area contributed by atoms with Crippen LogP contribution in [0, 0.1) is 23.7 Å². The average Bonchev–Trinajstić information content (AvgIpc) is 3.18. The molecule has 2 heteroatoms. The van der Waals surface area contributed by atoms with Crippen LogP contribution in [0.25, 0.3) is 0 Å². The van der Waals surface area contributed by atoms with Gasteiger partial charge >= 0.3 is 0 Å². The van der Waals surface area contributed by atoms with Crippen molar-refractivity contribution in [3.05, 3.63) is 0 Å². The SMILES string of the molecule is CC(C)CCC(C)(CN)NCC(C1CC1)C1CC1. The van der Waals surface area contributed by atoms with E-state index < -0.39 is 0 Å². The number of hydrogen-bond acceptors (Lipinski definition) is 2. The molecule has 18 heavy (non-hydrogen) atoms. The van der Waals surface area contributed by atoms with Gasteiger partial charge in [0, 0.05) is 12.1 Å². The van der Waals surface area contributed by atoms with Crippen LogP contribution in [-0.4, -0.2) is 18.6 Å². The summed E-state index contributed by atoms with van der Waals surface area (Å²) >= 11 is 0. The molecular weight excluding hydrogens is 220 g/mol. The maximum Gasteiger partial charge on any atom is 0.0275 e. The Morgan fingerprint density at radius 3 is 2.11 bits per heavy atom. The van der Waals surface area contributed by atoms with Crippen LogP contribution in [0.4, 0.5) is 0 Å². The molecule has 0 amide bonds. The molecule has 1 atom stereocenters. The lowest BCUT2D eigenvalue weighted by molar-refractivity contribution is 0.269. The number of hydrogen-bond donors (Lipinski definition) is 2. The van der Waals surface area contributed by atoms with Crippen molar-refractivity contribution >= 4 is 0 Å². The van der Waals surface area contributed by atoms with Crippen molar-refractivity contribution in [2.75, 3.05) is 13.1 Å². The molecule has 0 aromatic heterocycles. The molecule has 1 unspecified atom stereocenters. The quantitative estimate of drug-likeness (QED) is 0.661. The van der Waals surface area contributed by atoms with Gasteiger partial charge in [0.25, 0.3) is 0 Å². The zero-order chi connectivity index (χ0) is 13.2. The Kier molecular flexibility index (Phi) is 4.71. The average molecular weight is 252 g/mol. The Labute approximate surface area is 113 Å². The van der Waals surface area contributed by atoms with Gasteiger partial charge in [0.15, 0.2) is 0 Å². The van der Waals surface area contributed by atoms with Crippen molar-refractivity contribution in [2.45, 2.75) is 64.8 Å². The van der Waals surface area contributed by atoms with Gasteiger partial charge in [-0.25, -0.2) is 0 Å². The zero-order valence-electron chi connectivity index (χ0n) is 12.5. The van der Waals surface area contributed by atoms with Crippen LogP contribution in [0.2, 0.25) is 0 Å². The molecule has 0 aromatic carbocycles. The summed E-state index contributed by atoms with van der Waals surface area (Å²) in [7, 11) is 0. The summed E-state index contributed by atoms with van der Waals surface area (Å²) in [6, 6.07) is 0. The molecule has 0 aliphatic heterocycles. The Bertz CT molecular complexity index is 244. The smallest absolute Gasteiger partial charge is 0.0275 e. The van der Waals surface area contributed by atoms with Crippen LogP contribution in [0.5, 0.6) is 0 Å². The van der Waals surface area contributed by atoms with E-state index >= 15 is 0 Å². The van der Waals surface area contributed by atoms with Crippen LogP contribution in [0.15, 0.2) is 0 Å². The van der Waals surface area contributed by atoms with E-state index in [-0.39, 0.29) is 5.54 Å². The largest absolute Gasteiger partial charge is 0.329 e. The van der Waals surface area contributed by atoms with Gasteiger partial charge in [-0.2, -0.15) is 0 Å². The summed E-state index contributed by atoms with van der Waals surface area (Å²) in [5, 5.41) is 3.82. The molecule has 3 N–H and O–H groups in total. The first kappa shape index (κ1) is 14.3. The molecule has 2 aliphatic carbocycles. The number of nitrogens with one attached hydrogen (secondary N) is 1. The highest BCUT2D eigenvalue weighted by molar-refractivity contribution is 4.95. The van der Waals surface area contributed by atoms with E-state index in [1.165, 1.54) is 45.1 Å². The van der Waals surface area contributed by atoms with Gasteiger partial charge < -0.3 is 11.1 Å². The van der Waals surface area contributed by atoms with Gasteiger partial charge in [0.2, 0.25) is 0 Å². The van der Waals surface area contributed by atoms with Gasteiger partial charge in [-0.1, -0.05) is 13.8 Å². The van der Waals surface area contributed by atoms with Gasteiger partial charge in [0.1, 0.15) is 0 Å². The molecule has 2 fully saturated rings. The first-order chi connectivity index (χ1) is 8.54. The lowest BCUT2D eigenvalue weighted by Gasteiger charge is -2.32. The highest BCUT2D eigenvalue weighted by atomic mass is 15.0. The van der Waals surface area contributed by atoms with Crippen molar-refractivity contribution in [2.24, 2.45) is 29.4 Å².